The Morgan fingerprint density at radius 1 is 1.44 bits per heavy atom. The van der Waals surface area contributed by atoms with Crippen LogP contribution in [0, 0.1) is 5.92 Å². The predicted molar refractivity (Wildman–Crippen MR) is 72.8 cm³/mol. The number of aromatic nitrogens is 2. The van der Waals surface area contributed by atoms with Crippen LogP contribution in [0.25, 0.3) is 0 Å². The summed E-state index contributed by atoms with van der Waals surface area (Å²) in [5.74, 6) is 1.95. The molecule has 2 N–H and O–H groups in total. The Morgan fingerprint density at radius 2 is 2.17 bits per heavy atom. The van der Waals surface area contributed by atoms with E-state index in [9.17, 15) is 4.79 Å². The number of carbonyl (C=O) groups excluding carboxylic acids is 1. The molecule has 18 heavy (non-hydrogen) atoms. The van der Waals surface area contributed by atoms with Crippen molar-refractivity contribution in [3.05, 3.63) is 5.82 Å². The first-order chi connectivity index (χ1) is 8.56. The van der Waals surface area contributed by atoms with E-state index in [1.54, 1.807) is 0 Å². The molecule has 2 rings (SSSR count). The minimum absolute atomic E-state index is 0.00636. The lowest BCUT2D eigenvalue weighted by molar-refractivity contribution is -0.121. The van der Waals surface area contributed by atoms with Crippen molar-refractivity contribution in [3.63, 3.8) is 0 Å². The highest BCUT2D eigenvalue weighted by Crippen LogP contribution is 2.39. The van der Waals surface area contributed by atoms with Crippen LogP contribution in [0.3, 0.4) is 0 Å². The van der Waals surface area contributed by atoms with Gasteiger partial charge in [-0.15, -0.1) is 0 Å². The van der Waals surface area contributed by atoms with Gasteiger partial charge in [0.1, 0.15) is 11.9 Å². The highest BCUT2D eigenvalue weighted by molar-refractivity contribution is 7.09. The Morgan fingerprint density at radius 3 is 2.78 bits per heavy atom. The summed E-state index contributed by atoms with van der Waals surface area (Å²) in [4.78, 5) is 16.2. The van der Waals surface area contributed by atoms with Gasteiger partial charge in [0.15, 0.2) is 0 Å². The molecular weight excluding hydrogens is 248 g/mol. The van der Waals surface area contributed by atoms with Gasteiger partial charge in [0, 0.05) is 24.0 Å². The van der Waals surface area contributed by atoms with E-state index in [4.69, 9.17) is 0 Å². The Labute approximate surface area is 112 Å². The minimum atomic E-state index is -0.274. The van der Waals surface area contributed by atoms with E-state index in [2.05, 4.69) is 33.8 Å². The Balaban J connectivity index is 1.81. The van der Waals surface area contributed by atoms with E-state index >= 15 is 0 Å². The van der Waals surface area contributed by atoms with Crippen LogP contribution >= 0.6 is 11.5 Å². The van der Waals surface area contributed by atoms with E-state index in [1.807, 2.05) is 6.92 Å². The third-order valence-corrected chi connectivity index (χ3v) is 3.46. The summed E-state index contributed by atoms with van der Waals surface area (Å²) in [7, 11) is 0. The van der Waals surface area contributed by atoms with E-state index in [0.29, 0.717) is 18.4 Å². The van der Waals surface area contributed by atoms with Gasteiger partial charge in [-0.1, -0.05) is 13.8 Å². The molecule has 1 aliphatic rings. The summed E-state index contributed by atoms with van der Waals surface area (Å²) in [5.41, 5.74) is 0. The zero-order chi connectivity index (χ0) is 13.1. The van der Waals surface area contributed by atoms with Crippen molar-refractivity contribution in [2.24, 2.45) is 5.92 Å². The quantitative estimate of drug-likeness (QED) is 0.828. The van der Waals surface area contributed by atoms with Gasteiger partial charge in [0.2, 0.25) is 11.0 Å². The Hall–Kier alpha value is -1.17. The van der Waals surface area contributed by atoms with Gasteiger partial charge in [0.25, 0.3) is 0 Å². The molecule has 1 saturated carbocycles. The average Bonchev–Trinajstić information content (AvgIpc) is 3.07. The lowest BCUT2D eigenvalue weighted by atomic mass is 10.2. The largest absolute Gasteiger partial charge is 0.354 e. The number of hydrogen-bond acceptors (Lipinski definition) is 5. The van der Waals surface area contributed by atoms with Crippen molar-refractivity contribution < 1.29 is 4.79 Å². The lowest BCUT2D eigenvalue weighted by Gasteiger charge is -2.14. The second-order valence-electron chi connectivity index (χ2n) is 5.24. The molecule has 1 atom stereocenters. The van der Waals surface area contributed by atoms with Crippen LogP contribution < -0.4 is 10.6 Å². The molecule has 1 unspecified atom stereocenters. The van der Waals surface area contributed by atoms with Crippen LogP contribution in [0.2, 0.25) is 0 Å². The SMILES string of the molecule is CC(C)CNC(=O)C(C)Nc1nc(C2CC2)ns1. The first-order valence-electron chi connectivity index (χ1n) is 6.44. The van der Waals surface area contributed by atoms with Crippen molar-refractivity contribution >= 4 is 22.6 Å². The van der Waals surface area contributed by atoms with Gasteiger partial charge in [-0.25, -0.2) is 4.98 Å². The molecule has 1 fully saturated rings. The van der Waals surface area contributed by atoms with Gasteiger partial charge in [-0.3, -0.25) is 4.79 Å². The van der Waals surface area contributed by atoms with E-state index < -0.39 is 0 Å². The fraction of sp³-hybridized carbons (Fsp3) is 0.750. The summed E-state index contributed by atoms with van der Waals surface area (Å²) in [6.45, 7) is 6.69. The molecule has 1 aromatic rings. The molecule has 1 aromatic heterocycles. The van der Waals surface area contributed by atoms with Gasteiger partial charge in [-0.05, 0) is 25.7 Å². The molecule has 6 heteroatoms. The summed E-state index contributed by atoms with van der Waals surface area (Å²) in [6.07, 6.45) is 2.39. The van der Waals surface area contributed by atoms with Crippen LogP contribution in [0.5, 0.6) is 0 Å². The minimum Gasteiger partial charge on any atom is -0.354 e. The van der Waals surface area contributed by atoms with Crippen molar-refractivity contribution in [2.45, 2.75) is 45.6 Å². The summed E-state index contributed by atoms with van der Waals surface area (Å²) >= 11 is 1.34. The Kier molecular flexibility index (Phi) is 4.16. The normalized spacial score (nSPS) is 16.7. The maximum atomic E-state index is 11.8. The fourth-order valence-electron chi connectivity index (χ4n) is 1.51. The third-order valence-electron chi connectivity index (χ3n) is 2.80. The number of carbonyl (C=O) groups is 1. The van der Waals surface area contributed by atoms with Crippen molar-refractivity contribution in [1.29, 1.82) is 0 Å². The molecule has 0 radical (unpaired) electrons. The average molecular weight is 268 g/mol. The lowest BCUT2D eigenvalue weighted by Crippen LogP contribution is -2.39. The van der Waals surface area contributed by atoms with E-state index in [-0.39, 0.29) is 11.9 Å². The summed E-state index contributed by atoms with van der Waals surface area (Å²) in [6, 6.07) is -0.274. The van der Waals surface area contributed by atoms with Crippen molar-refractivity contribution in [1.82, 2.24) is 14.7 Å². The summed E-state index contributed by atoms with van der Waals surface area (Å²) in [5, 5.41) is 6.74. The summed E-state index contributed by atoms with van der Waals surface area (Å²) < 4.78 is 4.30. The van der Waals surface area contributed by atoms with Crippen LogP contribution in [0.4, 0.5) is 5.13 Å². The second kappa shape index (κ2) is 5.65. The zero-order valence-electron chi connectivity index (χ0n) is 11.1. The fourth-order valence-corrected chi connectivity index (χ4v) is 2.24. The topological polar surface area (TPSA) is 66.9 Å². The molecule has 1 heterocycles. The molecule has 0 spiro atoms. The van der Waals surface area contributed by atoms with Gasteiger partial charge >= 0.3 is 0 Å². The maximum Gasteiger partial charge on any atom is 0.242 e. The first-order valence-corrected chi connectivity index (χ1v) is 7.21. The van der Waals surface area contributed by atoms with Crippen LogP contribution in [-0.2, 0) is 4.79 Å². The van der Waals surface area contributed by atoms with Gasteiger partial charge < -0.3 is 10.6 Å². The maximum absolute atomic E-state index is 11.8. The van der Waals surface area contributed by atoms with Gasteiger partial charge in [-0.2, -0.15) is 4.37 Å². The molecule has 1 amide bonds. The highest BCUT2D eigenvalue weighted by Gasteiger charge is 2.28. The smallest absolute Gasteiger partial charge is 0.242 e. The first kappa shape index (κ1) is 13.3. The molecule has 100 valence electrons. The highest BCUT2D eigenvalue weighted by atomic mass is 32.1. The molecule has 0 aromatic carbocycles. The second-order valence-corrected chi connectivity index (χ2v) is 5.99. The monoisotopic (exact) mass is 268 g/mol. The van der Waals surface area contributed by atoms with Crippen LogP contribution in [-0.4, -0.2) is 27.9 Å². The molecular formula is C12H20N4OS. The van der Waals surface area contributed by atoms with Crippen molar-refractivity contribution in [3.8, 4) is 0 Å². The van der Waals surface area contributed by atoms with E-state index in [1.165, 1.54) is 24.4 Å². The van der Waals surface area contributed by atoms with Crippen molar-refractivity contribution in [2.75, 3.05) is 11.9 Å². The van der Waals surface area contributed by atoms with Gasteiger partial charge in [0.05, 0.1) is 0 Å². The predicted octanol–water partition coefficient (Wildman–Crippen LogP) is 1.99. The molecule has 1 aliphatic carbocycles. The Bertz CT molecular complexity index is 414. The number of anilines is 1. The standard InChI is InChI=1S/C12H20N4OS/c1-7(2)6-13-11(17)8(3)14-12-15-10(16-18-12)9-4-5-9/h7-9H,4-6H2,1-3H3,(H,13,17)(H,14,15,16). The molecule has 0 bridgehead atoms. The third kappa shape index (κ3) is 3.66. The molecule has 0 saturated heterocycles. The molecule has 0 aliphatic heterocycles. The van der Waals surface area contributed by atoms with Crippen LogP contribution in [0.1, 0.15) is 45.4 Å². The number of nitrogens with zero attached hydrogens (tertiary/aromatic N) is 2. The van der Waals surface area contributed by atoms with E-state index in [0.717, 1.165) is 11.0 Å². The number of hydrogen-bond donors (Lipinski definition) is 2. The molecule has 5 nitrogen and oxygen atoms in total. The number of amides is 1. The van der Waals surface area contributed by atoms with Crippen LogP contribution in [0.15, 0.2) is 0 Å². The number of rotatable bonds is 6. The zero-order valence-corrected chi connectivity index (χ0v) is 11.9. The number of nitrogens with one attached hydrogen (secondary N) is 2.